The number of carbonyl (C=O) groups excluding carboxylic acids is 1. The van der Waals surface area contributed by atoms with Crippen LogP contribution in [0.1, 0.15) is 30.0 Å². The first-order valence-electron chi connectivity index (χ1n) is 7.63. The average Bonchev–Trinajstić information content (AvgIpc) is 3.40. The molecule has 6 heteroatoms. The molecule has 0 spiro atoms. The van der Waals surface area contributed by atoms with Gasteiger partial charge in [-0.15, -0.1) is 0 Å². The van der Waals surface area contributed by atoms with Gasteiger partial charge in [0.05, 0.1) is 12.8 Å². The molecule has 120 valence electrons. The van der Waals surface area contributed by atoms with E-state index in [1.165, 1.54) is 10.7 Å². The fourth-order valence-electron chi connectivity index (χ4n) is 2.35. The number of nitrogens with one attached hydrogen (secondary N) is 1. The van der Waals surface area contributed by atoms with E-state index in [9.17, 15) is 9.59 Å². The van der Waals surface area contributed by atoms with Crippen molar-refractivity contribution < 1.29 is 9.53 Å². The number of methoxy groups -OCH3 is 1. The summed E-state index contributed by atoms with van der Waals surface area (Å²) in [7, 11) is 1.60. The Morgan fingerprint density at radius 1 is 1.35 bits per heavy atom. The van der Waals surface area contributed by atoms with Gasteiger partial charge in [-0.3, -0.25) is 9.59 Å². The van der Waals surface area contributed by atoms with Crippen molar-refractivity contribution in [3.05, 3.63) is 58.0 Å². The molecule has 1 aliphatic carbocycles. The van der Waals surface area contributed by atoms with Gasteiger partial charge in [-0.2, -0.15) is 5.10 Å². The molecular formula is C17H19N3O3. The number of benzene rings is 1. The lowest BCUT2D eigenvalue weighted by Crippen LogP contribution is -2.33. The number of amides is 1. The average molecular weight is 313 g/mol. The van der Waals surface area contributed by atoms with Gasteiger partial charge in [-0.25, -0.2) is 4.68 Å². The third-order valence-corrected chi connectivity index (χ3v) is 3.80. The standard InChI is InChI=1S/C17H19N3O3/c1-23-14-4-2-3-12(9-14)10-18-16(21)11-20-17(22)8-7-15(19-20)13-5-6-13/h2-4,7-9,13H,5-6,10-11H2,1H3,(H,18,21). The first kappa shape index (κ1) is 15.3. The van der Waals surface area contributed by atoms with E-state index in [1.807, 2.05) is 24.3 Å². The predicted octanol–water partition coefficient (Wildman–Crippen LogP) is 1.45. The van der Waals surface area contributed by atoms with Crippen LogP contribution in [0, 0.1) is 0 Å². The predicted molar refractivity (Wildman–Crippen MR) is 85.3 cm³/mol. The zero-order chi connectivity index (χ0) is 16.2. The normalized spacial score (nSPS) is 13.6. The van der Waals surface area contributed by atoms with Crippen LogP contribution in [0.25, 0.3) is 0 Å². The second-order valence-corrected chi connectivity index (χ2v) is 5.66. The molecule has 1 aromatic heterocycles. The minimum Gasteiger partial charge on any atom is -0.497 e. The third-order valence-electron chi connectivity index (χ3n) is 3.80. The third kappa shape index (κ3) is 3.97. The molecule has 23 heavy (non-hydrogen) atoms. The number of carbonyl (C=O) groups is 1. The molecule has 1 N–H and O–H groups in total. The van der Waals surface area contributed by atoms with E-state index >= 15 is 0 Å². The summed E-state index contributed by atoms with van der Waals surface area (Å²) < 4.78 is 6.38. The molecule has 1 amide bonds. The van der Waals surface area contributed by atoms with Gasteiger partial charge in [0, 0.05) is 18.5 Å². The molecule has 0 aliphatic heterocycles. The van der Waals surface area contributed by atoms with E-state index in [0.717, 1.165) is 29.8 Å². The summed E-state index contributed by atoms with van der Waals surface area (Å²) in [5.74, 6) is 0.948. The van der Waals surface area contributed by atoms with Crippen molar-refractivity contribution in [3.63, 3.8) is 0 Å². The zero-order valence-electron chi connectivity index (χ0n) is 13.0. The largest absolute Gasteiger partial charge is 0.497 e. The van der Waals surface area contributed by atoms with Crippen LogP contribution in [0.4, 0.5) is 0 Å². The summed E-state index contributed by atoms with van der Waals surface area (Å²) in [4.78, 5) is 23.9. The fourth-order valence-corrected chi connectivity index (χ4v) is 2.35. The number of aromatic nitrogens is 2. The van der Waals surface area contributed by atoms with Crippen molar-refractivity contribution in [2.45, 2.75) is 31.8 Å². The van der Waals surface area contributed by atoms with Crippen molar-refractivity contribution in [2.24, 2.45) is 0 Å². The van der Waals surface area contributed by atoms with Crippen molar-refractivity contribution in [2.75, 3.05) is 7.11 Å². The van der Waals surface area contributed by atoms with E-state index in [1.54, 1.807) is 13.2 Å². The highest BCUT2D eigenvalue weighted by Crippen LogP contribution is 2.38. The van der Waals surface area contributed by atoms with Crippen LogP contribution in [0.3, 0.4) is 0 Å². The summed E-state index contributed by atoms with van der Waals surface area (Å²) in [6.07, 6.45) is 2.21. The van der Waals surface area contributed by atoms with E-state index in [4.69, 9.17) is 4.74 Å². The molecule has 2 aromatic rings. The second kappa shape index (κ2) is 6.64. The molecule has 0 saturated heterocycles. The van der Waals surface area contributed by atoms with E-state index in [-0.39, 0.29) is 18.0 Å². The SMILES string of the molecule is COc1cccc(CNC(=O)Cn2nc(C3CC3)ccc2=O)c1. The van der Waals surface area contributed by atoms with E-state index in [2.05, 4.69) is 10.4 Å². The number of nitrogens with zero attached hydrogens (tertiary/aromatic N) is 2. The van der Waals surface area contributed by atoms with Crippen LogP contribution in [0.5, 0.6) is 5.75 Å². The molecule has 0 unspecified atom stereocenters. The quantitative estimate of drug-likeness (QED) is 0.876. The van der Waals surface area contributed by atoms with Crippen LogP contribution >= 0.6 is 0 Å². The first-order valence-corrected chi connectivity index (χ1v) is 7.63. The minimum atomic E-state index is -0.258. The summed E-state index contributed by atoms with van der Waals surface area (Å²) in [5, 5.41) is 7.08. The summed E-state index contributed by atoms with van der Waals surface area (Å²) >= 11 is 0. The monoisotopic (exact) mass is 313 g/mol. The molecule has 6 nitrogen and oxygen atoms in total. The number of hydrogen-bond donors (Lipinski definition) is 1. The topological polar surface area (TPSA) is 73.2 Å². The molecule has 3 rings (SSSR count). The summed E-state index contributed by atoms with van der Waals surface area (Å²) in [6, 6.07) is 10.7. The zero-order valence-corrected chi connectivity index (χ0v) is 13.0. The van der Waals surface area contributed by atoms with Gasteiger partial charge >= 0.3 is 0 Å². The highest BCUT2D eigenvalue weighted by atomic mass is 16.5. The number of ether oxygens (including phenoxy) is 1. The Hall–Kier alpha value is -2.63. The van der Waals surface area contributed by atoms with Gasteiger partial charge < -0.3 is 10.1 Å². The van der Waals surface area contributed by atoms with Crippen LogP contribution in [-0.4, -0.2) is 22.8 Å². The maximum atomic E-state index is 12.0. The van der Waals surface area contributed by atoms with Gasteiger partial charge in [0.25, 0.3) is 5.56 Å². The van der Waals surface area contributed by atoms with Crippen molar-refractivity contribution in [3.8, 4) is 5.75 Å². The van der Waals surface area contributed by atoms with Crippen LogP contribution in [-0.2, 0) is 17.9 Å². The lowest BCUT2D eigenvalue weighted by Gasteiger charge is -2.09. The first-order chi connectivity index (χ1) is 11.2. The lowest BCUT2D eigenvalue weighted by molar-refractivity contribution is -0.122. The lowest BCUT2D eigenvalue weighted by atomic mass is 10.2. The Bertz CT molecular complexity index is 766. The van der Waals surface area contributed by atoms with Gasteiger partial charge in [0.15, 0.2) is 0 Å². The van der Waals surface area contributed by atoms with Crippen LogP contribution in [0.15, 0.2) is 41.2 Å². The summed E-state index contributed by atoms with van der Waals surface area (Å²) in [5.41, 5.74) is 1.57. The molecule has 0 atom stereocenters. The molecule has 1 aliphatic rings. The molecule has 1 saturated carbocycles. The highest BCUT2D eigenvalue weighted by Gasteiger charge is 2.25. The second-order valence-electron chi connectivity index (χ2n) is 5.66. The molecule has 0 radical (unpaired) electrons. The van der Waals surface area contributed by atoms with E-state index < -0.39 is 0 Å². The Morgan fingerprint density at radius 2 is 2.17 bits per heavy atom. The Morgan fingerprint density at radius 3 is 2.91 bits per heavy atom. The molecule has 1 heterocycles. The van der Waals surface area contributed by atoms with Gasteiger partial charge in [-0.1, -0.05) is 12.1 Å². The highest BCUT2D eigenvalue weighted by molar-refractivity contribution is 5.75. The van der Waals surface area contributed by atoms with Crippen molar-refractivity contribution >= 4 is 5.91 Å². The molecule has 1 aromatic carbocycles. The van der Waals surface area contributed by atoms with Crippen LogP contribution < -0.4 is 15.6 Å². The Balaban J connectivity index is 1.60. The smallest absolute Gasteiger partial charge is 0.267 e. The molecule has 1 fully saturated rings. The van der Waals surface area contributed by atoms with Gasteiger partial charge in [0.1, 0.15) is 12.3 Å². The maximum Gasteiger partial charge on any atom is 0.267 e. The molecular weight excluding hydrogens is 294 g/mol. The van der Waals surface area contributed by atoms with E-state index in [0.29, 0.717) is 12.5 Å². The van der Waals surface area contributed by atoms with Crippen LogP contribution in [0.2, 0.25) is 0 Å². The summed E-state index contributed by atoms with van der Waals surface area (Å²) in [6.45, 7) is 0.316. The van der Waals surface area contributed by atoms with Gasteiger partial charge in [-0.05, 0) is 36.6 Å². The van der Waals surface area contributed by atoms with Gasteiger partial charge in [0.2, 0.25) is 5.91 Å². The number of hydrogen-bond acceptors (Lipinski definition) is 4. The van der Waals surface area contributed by atoms with Crippen molar-refractivity contribution in [1.82, 2.24) is 15.1 Å². The maximum absolute atomic E-state index is 12.0. The Labute approximate surface area is 134 Å². The minimum absolute atomic E-state index is 0.0661. The number of rotatable bonds is 6. The molecule has 0 bridgehead atoms. The van der Waals surface area contributed by atoms with Crippen molar-refractivity contribution in [1.29, 1.82) is 0 Å². The fraction of sp³-hybridized carbons (Fsp3) is 0.353. The Kier molecular flexibility index (Phi) is 4.41.